The third-order valence-corrected chi connectivity index (χ3v) is 9.65. The number of hydrogen-bond acceptors (Lipinski definition) is 6. The van der Waals surface area contributed by atoms with Gasteiger partial charge < -0.3 is 14.2 Å². The molecule has 0 saturated heterocycles. The third-order valence-electron chi connectivity index (χ3n) is 9.65. The largest absolute Gasteiger partial charge is 0.462 e. The smallest absolute Gasteiger partial charge is 0.306 e. The maximum Gasteiger partial charge on any atom is 0.306 e. The molecule has 2 atom stereocenters. The summed E-state index contributed by atoms with van der Waals surface area (Å²) in [6.45, 7) is 8.91. The maximum absolute atomic E-state index is 12.5. The third kappa shape index (κ3) is 34.3. The lowest BCUT2D eigenvalue weighted by Gasteiger charge is -2.18. The molecule has 0 fully saturated rings. The van der Waals surface area contributed by atoms with Crippen LogP contribution in [0.25, 0.3) is 0 Å². The summed E-state index contributed by atoms with van der Waals surface area (Å²) in [4.78, 5) is 37.3. The van der Waals surface area contributed by atoms with Crippen molar-refractivity contribution in [3.63, 3.8) is 0 Å². The zero-order valence-corrected chi connectivity index (χ0v) is 32.4. The second-order valence-corrected chi connectivity index (χ2v) is 14.5. The van der Waals surface area contributed by atoms with Crippen molar-refractivity contribution in [3.8, 4) is 0 Å². The summed E-state index contributed by atoms with van der Waals surface area (Å²) < 4.78 is 16.5. The first-order chi connectivity index (χ1) is 23.4. The Bertz CT molecular complexity index is 723. The molecule has 0 heterocycles. The molecule has 0 saturated carbocycles. The molecule has 48 heavy (non-hydrogen) atoms. The molecule has 0 bridgehead atoms. The zero-order chi connectivity index (χ0) is 35.3. The highest BCUT2D eigenvalue weighted by molar-refractivity contribution is 5.71. The molecule has 0 aliphatic heterocycles. The lowest BCUT2D eigenvalue weighted by Crippen LogP contribution is -2.30. The zero-order valence-electron chi connectivity index (χ0n) is 32.4. The Balaban J connectivity index is 4.19. The quantitative estimate of drug-likeness (QED) is 0.0369. The molecule has 0 N–H and O–H groups in total. The van der Waals surface area contributed by atoms with Crippen molar-refractivity contribution in [1.29, 1.82) is 0 Å². The number of unbranched alkanes of at least 4 members (excludes halogenated alkanes) is 23. The molecule has 0 aliphatic rings. The number of ether oxygens (including phenoxy) is 3. The number of rotatable bonds is 37. The van der Waals surface area contributed by atoms with E-state index in [4.69, 9.17) is 14.2 Å². The predicted octanol–water partition coefficient (Wildman–Crippen LogP) is 12.8. The molecule has 0 spiro atoms. The Kier molecular flexibility index (Phi) is 35.5. The summed E-state index contributed by atoms with van der Waals surface area (Å²) >= 11 is 0. The van der Waals surface area contributed by atoms with Crippen LogP contribution in [-0.4, -0.2) is 37.2 Å². The lowest BCUT2D eigenvalue weighted by molar-refractivity contribution is -0.167. The van der Waals surface area contributed by atoms with Gasteiger partial charge in [0.25, 0.3) is 0 Å². The fraction of sp³-hybridized carbons (Fsp3) is 0.929. The minimum absolute atomic E-state index is 0.0659. The highest BCUT2D eigenvalue weighted by atomic mass is 16.6. The standard InChI is InChI=1S/C42H80O6/c1-5-8-10-12-13-14-15-19-22-26-29-33-40(43)46-36-39(48-42(45)35-31-24-11-9-6-2)37-47-41(44)34-30-27-23-20-17-16-18-21-25-28-32-38(4)7-3/h38-39H,5-37H2,1-4H3/t38?,39-/m1/s1. The highest BCUT2D eigenvalue weighted by Gasteiger charge is 2.19. The average molecular weight is 681 g/mol. The van der Waals surface area contributed by atoms with Gasteiger partial charge in [-0.2, -0.15) is 0 Å². The van der Waals surface area contributed by atoms with Crippen LogP contribution in [0.4, 0.5) is 0 Å². The SMILES string of the molecule is CCCCCCCCCCCCCC(=O)OC[C@H](COC(=O)CCCCCCCCCCCCC(C)CC)OC(=O)CCCCCCC. The molecule has 0 radical (unpaired) electrons. The lowest BCUT2D eigenvalue weighted by atomic mass is 9.99. The Hall–Kier alpha value is -1.59. The molecule has 0 aromatic rings. The fourth-order valence-corrected chi connectivity index (χ4v) is 6.06. The minimum Gasteiger partial charge on any atom is -0.462 e. The Morgan fingerprint density at radius 1 is 0.417 bits per heavy atom. The summed E-state index contributed by atoms with van der Waals surface area (Å²) in [5.74, 6) is -0.00515. The first kappa shape index (κ1) is 46.4. The summed E-state index contributed by atoms with van der Waals surface area (Å²) in [6, 6.07) is 0. The van der Waals surface area contributed by atoms with Crippen LogP contribution in [0.2, 0.25) is 0 Å². The van der Waals surface area contributed by atoms with Gasteiger partial charge in [0.2, 0.25) is 0 Å². The van der Waals surface area contributed by atoms with Gasteiger partial charge in [-0.05, 0) is 25.2 Å². The van der Waals surface area contributed by atoms with E-state index in [1.165, 1.54) is 116 Å². The van der Waals surface area contributed by atoms with E-state index < -0.39 is 6.10 Å². The highest BCUT2D eigenvalue weighted by Crippen LogP contribution is 2.16. The van der Waals surface area contributed by atoms with Crippen LogP contribution in [-0.2, 0) is 28.6 Å². The summed E-state index contributed by atoms with van der Waals surface area (Å²) in [5, 5.41) is 0. The van der Waals surface area contributed by atoms with Crippen molar-refractivity contribution in [3.05, 3.63) is 0 Å². The molecule has 0 amide bonds. The molecular weight excluding hydrogens is 600 g/mol. The van der Waals surface area contributed by atoms with E-state index in [9.17, 15) is 14.4 Å². The van der Waals surface area contributed by atoms with E-state index in [-0.39, 0.29) is 31.1 Å². The summed E-state index contributed by atoms with van der Waals surface area (Å²) in [5.41, 5.74) is 0. The molecule has 284 valence electrons. The predicted molar refractivity (Wildman–Crippen MR) is 201 cm³/mol. The van der Waals surface area contributed by atoms with Crippen molar-refractivity contribution in [1.82, 2.24) is 0 Å². The first-order valence-corrected chi connectivity index (χ1v) is 20.9. The molecule has 0 rings (SSSR count). The average Bonchev–Trinajstić information content (AvgIpc) is 3.08. The molecule has 6 nitrogen and oxygen atoms in total. The monoisotopic (exact) mass is 681 g/mol. The topological polar surface area (TPSA) is 78.9 Å². The van der Waals surface area contributed by atoms with Gasteiger partial charge >= 0.3 is 17.9 Å². The van der Waals surface area contributed by atoms with Gasteiger partial charge in [0.1, 0.15) is 13.2 Å². The van der Waals surface area contributed by atoms with Gasteiger partial charge in [-0.25, -0.2) is 0 Å². The van der Waals surface area contributed by atoms with Crippen LogP contribution in [0.1, 0.15) is 227 Å². The van der Waals surface area contributed by atoms with Crippen molar-refractivity contribution < 1.29 is 28.6 Å². The minimum atomic E-state index is -0.756. The Morgan fingerprint density at radius 2 is 0.729 bits per heavy atom. The van der Waals surface area contributed by atoms with Crippen LogP contribution in [0.5, 0.6) is 0 Å². The fourth-order valence-electron chi connectivity index (χ4n) is 6.06. The van der Waals surface area contributed by atoms with Gasteiger partial charge in [0, 0.05) is 19.3 Å². The van der Waals surface area contributed by atoms with Crippen molar-refractivity contribution in [2.24, 2.45) is 5.92 Å². The van der Waals surface area contributed by atoms with Crippen LogP contribution < -0.4 is 0 Å². The van der Waals surface area contributed by atoms with Crippen molar-refractivity contribution >= 4 is 17.9 Å². The van der Waals surface area contributed by atoms with Crippen molar-refractivity contribution in [2.75, 3.05) is 13.2 Å². The molecule has 0 aromatic heterocycles. The van der Waals surface area contributed by atoms with Gasteiger partial charge in [0.15, 0.2) is 6.10 Å². The summed E-state index contributed by atoms with van der Waals surface area (Å²) in [6.07, 6.45) is 33.9. The summed E-state index contributed by atoms with van der Waals surface area (Å²) in [7, 11) is 0. The van der Waals surface area contributed by atoms with Crippen LogP contribution in [0.15, 0.2) is 0 Å². The Labute approximate surface area is 298 Å². The number of hydrogen-bond donors (Lipinski definition) is 0. The van der Waals surface area contributed by atoms with Crippen LogP contribution >= 0.6 is 0 Å². The Morgan fingerprint density at radius 3 is 1.08 bits per heavy atom. The van der Waals surface area contributed by atoms with Gasteiger partial charge in [0.05, 0.1) is 0 Å². The number of carbonyl (C=O) groups excluding carboxylic acids is 3. The van der Waals surface area contributed by atoms with Gasteiger partial charge in [-0.1, -0.05) is 188 Å². The second kappa shape index (κ2) is 36.7. The van der Waals surface area contributed by atoms with Crippen LogP contribution in [0.3, 0.4) is 0 Å². The van der Waals surface area contributed by atoms with Crippen LogP contribution in [0, 0.1) is 5.92 Å². The van der Waals surface area contributed by atoms with E-state index in [0.29, 0.717) is 19.3 Å². The van der Waals surface area contributed by atoms with E-state index in [1.54, 1.807) is 0 Å². The first-order valence-electron chi connectivity index (χ1n) is 20.9. The van der Waals surface area contributed by atoms with E-state index in [2.05, 4.69) is 27.7 Å². The van der Waals surface area contributed by atoms with Crippen molar-refractivity contribution in [2.45, 2.75) is 233 Å². The second-order valence-electron chi connectivity index (χ2n) is 14.5. The molecule has 6 heteroatoms. The van der Waals surface area contributed by atoms with Gasteiger partial charge in [-0.15, -0.1) is 0 Å². The van der Waals surface area contributed by atoms with E-state index in [1.807, 2.05) is 0 Å². The number of esters is 3. The molecule has 1 unspecified atom stereocenters. The molecular formula is C42H80O6. The van der Waals surface area contributed by atoms with Gasteiger partial charge in [-0.3, -0.25) is 14.4 Å². The number of carbonyl (C=O) groups is 3. The van der Waals surface area contributed by atoms with E-state index in [0.717, 1.165) is 70.1 Å². The van der Waals surface area contributed by atoms with E-state index >= 15 is 0 Å². The normalized spacial score (nSPS) is 12.5. The maximum atomic E-state index is 12.5. The molecule has 0 aliphatic carbocycles. The molecule has 0 aromatic carbocycles.